The Balaban J connectivity index is 4.06. The summed E-state index contributed by atoms with van der Waals surface area (Å²) >= 11 is 0. The lowest BCUT2D eigenvalue weighted by atomic mass is 10.5. The standard InChI is InChI=1S/C5H13NO3S/c1-5(4-9-3)10(7,8)6-2/h5-6H,4H2,1-3H3. The Hall–Kier alpha value is -0.130. The van der Waals surface area contributed by atoms with Gasteiger partial charge in [0.2, 0.25) is 10.0 Å². The highest BCUT2D eigenvalue weighted by Crippen LogP contribution is 1.96. The van der Waals surface area contributed by atoms with E-state index in [0.717, 1.165) is 0 Å². The maximum atomic E-state index is 10.9. The summed E-state index contributed by atoms with van der Waals surface area (Å²) in [5.41, 5.74) is 0. The molecule has 0 bridgehead atoms. The zero-order chi connectivity index (χ0) is 8.20. The minimum absolute atomic E-state index is 0.225. The van der Waals surface area contributed by atoms with Gasteiger partial charge in [-0.2, -0.15) is 0 Å². The van der Waals surface area contributed by atoms with Crippen molar-refractivity contribution in [3.8, 4) is 0 Å². The van der Waals surface area contributed by atoms with Gasteiger partial charge in [0.15, 0.2) is 0 Å². The molecule has 10 heavy (non-hydrogen) atoms. The van der Waals surface area contributed by atoms with Gasteiger partial charge in [0.25, 0.3) is 0 Å². The molecule has 0 radical (unpaired) electrons. The van der Waals surface area contributed by atoms with Crippen LogP contribution in [0.15, 0.2) is 0 Å². The summed E-state index contributed by atoms with van der Waals surface area (Å²) < 4.78 is 28.7. The lowest BCUT2D eigenvalue weighted by Crippen LogP contribution is -2.32. The van der Waals surface area contributed by atoms with E-state index in [4.69, 9.17) is 0 Å². The van der Waals surface area contributed by atoms with Crippen molar-refractivity contribution in [2.45, 2.75) is 12.2 Å². The van der Waals surface area contributed by atoms with Crippen LogP contribution in [-0.4, -0.2) is 34.4 Å². The fourth-order valence-corrected chi connectivity index (χ4v) is 1.24. The lowest BCUT2D eigenvalue weighted by molar-refractivity contribution is 0.200. The Morgan fingerprint density at radius 1 is 1.60 bits per heavy atom. The molecule has 0 saturated heterocycles. The average molecular weight is 167 g/mol. The second-order valence-corrected chi connectivity index (χ2v) is 4.32. The molecule has 0 aliphatic heterocycles. The lowest BCUT2D eigenvalue weighted by Gasteiger charge is -2.09. The number of sulfonamides is 1. The van der Waals surface area contributed by atoms with Gasteiger partial charge in [-0.1, -0.05) is 0 Å². The van der Waals surface area contributed by atoms with Crippen LogP contribution in [0.4, 0.5) is 0 Å². The first-order valence-electron chi connectivity index (χ1n) is 2.96. The molecule has 0 aromatic carbocycles. The van der Waals surface area contributed by atoms with Gasteiger partial charge in [-0.25, -0.2) is 13.1 Å². The van der Waals surface area contributed by atoms with Crippen LogP contribution in [0.3, 0.4) is 0 Å². The van der Waals surface area contributed by atoms with Crippen LogP contribution in [0.5, 0.6) is 0 Å². The Labute approximate surface area is 61.6 Å². The van der Waals surface area contributed by atoms with Gasteiger partial charge < -0.3 is 4.74 Å². The smallest absolute Gasteiger partial charge is 0.216 e. The van der Waals surface area contributed by atoms with E-state index in [0.29, 0.717) is 0 Å². The number of nitrogens with one attached hydrogen (secondary N) is 1. The molecule has 1 unspecified atom stereocenters. The van der Waals surface area contributed by atoms with Crippen LogP contribution < -0.4 is 4.72 Å². The van der Waals surface area contributed by atoms with E-state index in [-0.39, 0.29) is 6.61 Å². The highest BCUT2D eigenvalue weighted by atomic mass is 32.2. The Morgan fingerprint density at radius 2 is 2.10 bits per heavy atom. The molecule has 4 nitrogen and oxygen atoms in total. The van der Waals surface area contributed by atoms with Crippen LogP contribution >= 0.6 is 0 Å². The second kappa shape index (κ2) is 3.90. The molecule has 0 aliphatic carbocycles. The number of methoxy groups -OCH3 is 1. The highest BCUT2D eigenvalue weighted by Gasteiger charge is 2.17. The van der Waals surface area contributed by atoms with Crippen LogP contribution in [0, 0.1) is 0 Å². The number of ether oxygens (including phenoxy) is 1. The van der Waals surface area contributed by atoms with Crippen LogP contribution in [0.1, 0.15) is 6.92 Å². The number of hydrogen-bond acceptors (Lipinski definition) is 3. The van der Waals surface area contributed by atoms with Crippen LogP contribution in [-0.2, 0) is 14.8 Å². The quantitative estimate of drug-likeness (QED) is 0.618. The van der Waals surface area contributed by atoms with Gasteiger partial charge in [-0.05, 0) is 14.0 Å². The predicted molar refractivity (Wildman–Crippen MR) is 39.3 cm³/mol. The predicted octanol–water partition coefficient (Wildman–Crippen LogP) is -0.429. The maximum absolute atomic E-state index is 10.9. The monoisotopic (exact) mass is 167 g/mol. The SMILES string of the molecule is CNS(=O)(=O)C(C)COC. The first kappa shape index (κ1) is 9.87. The summed E-state index contributed by atoms with van der Waals surface area (Å²) in [6.45, 7) is 1.82. The summed E-state index contributed by atoms with van der Waals surface area (Å²) in [4.78, 5) is 0. The molecular weight excluding hydrogens is 154 g/mol. The van der Waals surface area contributed by atoms with Crippen LogP contribution in [0.2, 0.25) is 0 Å². The summed E-state index contributed by atoms with van der Waals surface area (Å²) in [7, 11) is -0.271. The van der Waals surface area contributed by atoms with Crippen molar-refractivity contribution in [2.24, 2.45) is 0 Å². The van der Waals surface area contributed by atoms with Crippen molar-refractivity contribution in [2.75, 3.05) is 20.8 Å². The molecule has 62 valence electrons. The highest BCUT2D eigenvalue weighted by molar-refractivity contribution is 7.90. The molecule has 0 rings (SSSR count). The van der Waals surface area contributed by atoms with Crippen molar-refractivity contribution in [3.63, 3.8) is 0 Å². The third-order valence-corrected chi connectivity index (χ3v) is 2.98. The maximum Gasteiger partial charge on any atom is 0.216 e. The number of rotatable bonds is 4. The molecule has 5 heteroatoms. The fraction of sp³-hybridized carbons (Fsp3) is 1.00. The Morgan fingerprint density at radius 3 is 2.40 bits per heavy atom. The molecule has 0 heterocycles. The topological polar surface area (TPSA) is 55.4 Å². The van der Waals surface area contributed by atoms with Gasteiger partial charge in [0, 0.05) is 7.11 Å². The van der Waals surface area contributed by atoms with Crippen molar-refractivity contribution >= 4 is 10.0 Å². The molecule has 0 aromatic heterocycles. The van der Waals surface area contributed by atoms with Gasteiger partial charge in [0.1, 0.15) is 0 Å². The van der Waals surface area contributed by atoms with E-state index < -0.39 is 15.3 Å². The summed E-state index contributed by atoms with van der Waals surface area (Å²) in [5.74, 6) is 0. The largest absolute Gasteiger partial charge is 0.383 e. The van der Waals surface area contributed by atoms with E-state index in [1.165, 1.54) is 14.2 Å². The normalized spacial score (nSPS) is 15.1. The zero-order valence-corrected chi connectivity index (χ0v) is 7.23. The molecule has 0 aromatic rings. The molecule has 0 aliphatic rings. The molecule has 1 atom stereocenters. The molecule has 0 spiro atoms. The average Bonchev–Trinajstić information content (AvgIpc) is 1.89. The molecule has 0 saturated carbocycles. The Bertz CT molecular complexity index is 175. The fourth-order valence-electron chi connectivity index (χ4n) is 0.525. The third-order valence-electron chi connectivity index (χ3n) is 1.22. The van der Waals surface area contributed by atoms with Gasteiger partial charge in [-0.15, -0.1) is 0 Å². The van der Waals surface area contributed by atoms with Crippen molar-refractivity contribution in [1.29, 1.82) is 0 Å². The van der Waals surface area contributed by atoms with E-state index >= 15 is 0 Å². The molecule has 0 fully saturated rings. The summed E-state index contributed by atoms with van der Waals surface area (Å²) in [6.07, 6.45) is 0. The van der Waals surface area contributed by atoms with E-state index in [1.807, 2.05) is 0 Å². The second-order valence-electron chi connectivity index (χ2n) is 2.02. The van der Waals surface area contributed by atoms with Crippen molar-refractivity contribution in [3.05, 3.63) is 0 Å². The van der Waals surface area contributed by atoms with Crippen molar-refractivity contribution in [1.82, 2.24) is 4.72 Å². The minimum atomic E-state index is -3.14. The zero-order valence-electron chi connectivity index (χ0n) is 6.42. The third kappa shape index (κ3) is 2.64. The van der Waals surface area contributed by atoms with Crippen molar-refractivity contribution < 1.29 is 13.2 Å². The summed E-state index contributed by atoms with van der Waals surface area (Å²) in [5, 5.41) is -0.484. The van der Waals surface area contributed by atoms with E-state index in [2.05, 4.69) is 9.46 Å². The van der Waals surface area contributed by atoms with E-state index in [1.54, 1.807) is 6.92 Å². The van der Waals surface area contributed by atoms with Gasteiger partial charge >= 0.3 is 0 Å². The molecule has 1 N–H and O–H groups in total. The molecule has 0 amide bonds. The van der Waals surface area contributed by atoms with Gasteiger partial charge in [0.05, 0.1) is 11.9 Å². The molecular formula is C5H13NO3S. The van der Waals surface area contributed by atoms with Gasteiger partial charge in [-0.3, -0.25) is 0 Å². The van der Waals surface area contributed by atoms with E-state index in [9.17, 15) is 8.42 Å². The Kier molecular flexibility index (Phi) is 3.85. The first-order valence-corrected chi connectivity index (χ1v) is 4.50. The number of hydrogen-bond donors (Lipinski definition) is 1. The first-order chi connectivity index (χ1) is 4.54. The summed E-state index contributed by atoms with van der Waals surface area (Å²) in [6, 6.07) is 0. The minimum Gasteiger partial charge on any atom is -0.383 e. The van der Waals surface area contributed by atoms with Crippen LogP contribution in [0.25, 0.3) is 0 Å².